The van der Waals surface area contributed by atoms with Crippen LogP contribution in [0, 0.1) is 0 Å². The predicted molar refractivity (Wildman–Crippen MR) is 59.7 cm³/mol. The van der Waals surface area contributed by atoms with Crippen LogP contribution in [-0.2, 0) is 6.61 Å². The smallest absolute Gasteiger partial charge is 0.423 e. The fourth-order valence-electron chi connectivity index (χ4n) is 1.68. The van der Waals surface area contributed by atoms with Crippen molar-refractivity contribution in [1.82, 2.24) is 0 Å². The van der Waals surface area contributed by atoms with Gasteiger partial charge in [0.05, 0.1) is 6.61 Å². The van der Waals surface area contributed by atoms with Crippen LogP contribution in [0.4, 0.5) is 0 Å². The summed E-state index contributed by atoms with van der Waals surface area (Å²) in [7, 11) is -1.54. The molecule has 76 valence electrons. The summed E-state index contributed by atoms with van der Waals surface area (Å²) in [5, 5.41) is 29.3. The minimum atomic E-state index is -1.54. The molecule has 0 bridgehead atoms. The van der Waals surface area contributed by atoms with Gasteiger partial charge in [0.1, 0.15) is 0 Å². The highest BCUT2D eigenvalue weighted by Gasteiger charge is 2.16. The number of fused-ring (bicyclic) bond motifs is 1. The molecule has 0 aliphatic rings. The van der Waals surface area contributed by atoms with Crippen molar-refractivity contribution in [2.75, 3.05) is 0 Å². The van der Waals surface area contributed by atoms with Gasteiger partial charge in [0.2, 0.25) is 0 Å². The predicted octanol–water partition coefficient (Wildman–Crippen LogP) is 0.0119. The molecule has 0 amide bonds. The molecular formula is C11H11BO3. The molecule has 0 aliphatic heterocycles. The highest BCUT2D eigenvalue weighted by molar-refractivity contribution is 6.59. The maximum atomic E-state index is 9.14. The summed E-state index contributed by atoms with van der Waals surface area (Å²) < 4.78 is 0. The summed E-state index contributed by atoms with van der Waals surface area (Å²) >= 11 is 0. The van der Waals surface area contributed by atoms with Gasteiger partial charge in [0.15, 0.2) is 0 Å². The maximum absolute atomic E-state index is 9.14. The molecule has 4 heteroatoms. The normalized spacial score (nSPS) is 10.6. The van der Waals surface area contributed by atoms with Gasteiger partial charge in [-0.3, -0.25) is 0 Å². The van der Waals surface area contributed by atoms with Crippen molar-refractivity contribution in [1.29, 1.82) is 0 Å². The van der Waals surface area contributed by atoms with E-state index in [1.807, 2.05) is 24.3 Å². The van der Waals surface area contributed by atoms with Gasteiger partial charge in [0, 0.05) is 0 Å². The van der Waals surface area contributed by atoms with Gasteiger partial charge >= 0.3 is 7.12 Å². The molecule has 0 heterocycles. The molecule has 2 aromatic carbocycles. The summed E-state index contributed by atoms with van der Waals surface area (Å²) in [6, 6.07) is 11.0. The molecule has 0 spiro atoms. The number of aliphatic hydroxyl groups is 1. The molecule has 0 fully saturated rings. The molecular weight excluding hydrogens is 191 g/mol. The van der Waals surface area contributed by atoms with Crippen molar-refractivity contribution in [2.24, 2.45) is 0 Å². The van der Waals surface area contributed by atoms with E-state index in [9.17, 15) is 0 Å². The first kappa shape index (κ1) is 10.2. The molecule has 0 aromatic heterocycles. The van der Waals surface area contributed by atoms with Gasteiger partial charge < -0.3 is 15.2 Å². The lowest BCUT2D eigenvalue weighted by atomic mass is 9.76. The average Bonchev–Trinajstić information content (AvgIpc) is 2.27. The van der Waals surface area contributed by atoms with Crippen LogP contribution in [0.25, 0.3) is 10.8 Å². The minimum absolute atomic E-state index is 0.197. The quantitative estimate of drug-likeness (QED) is 0.601. The van der Waals surface area contributed by atoms with Crippen LogP contribution < -0.4 is 5.46 Å². The molecule has 2 rings (SSSR count). The first-order valence-corrected chi connectivity index (χ1v) is 4.71. The van der Waals surface area contributed by atoms with E-state index in [2.05, 4.69) is 0 Å². The Hall–Kier alpha value is -1.36. The van der Waals surface area contributed by atoms with Crippen LogP contribution >= 0.6 is 0 Å². The zero-order valence-corrected chi connectivity index (χ0v) is 8.09. The molecule has 0 unspecified atom stereocenters. The van der Waals surface area contributed by atoms with Crippen molar-refractivity contribution >= 4 is 23.4 Å². The van der Waals surface area contributed by atoms with Gasteiger partial charge in [-0.2, -0.15) is 0 Å². The van der Waals surface area contributed by atoms with E-state index in [1.165, 1.54) is 0 Å². The summed E-state index contributed by atoms with van der Waals surface area (Å²) in [5.74, 6) is 0. The second-order valence-corrected chi connectivity index (χ2v) is 3.43. The molecule has 2 aromatic rings. The Morgan fingerprint density at radius 1 is 1.00 bits per heavy atom. The standard InChI is InChI=1S/C11H11BO3/c13-7-10-5-8-3-1-2-4-9(8)6-11(10)12(14)15/h1-6,13-15H,7H2. The van der Waals surface area contributed by atoms with Crippen LogP contribution in [0.5, 0.6) is 0 Å². The molecule has 0 radical (unpaired) electrons. The van der Waals surface area contributed by atoms with Gasteiger partial charge in [-0.05, 0) is 27.9 Å². The van der Waals surface area contributed by atoms with Crippen molar-refractivity contribution < 1.29 is 15.2 Å². The van der Waals surface area contributed by atoms with E-state index in [1.54, 1.807) is 12.1 Å². The third kappa shape index (κ3) is 1.87. The van der Waals surface area contributed by atoms with Crippen LogP contribution in [0.3, 0.4) is 0 Å². The van der Waals surface area contributed by atoms with Gasteiger partial charge in [0.25, 0.3) is 0 Å². The molecule has 15 heavy (non-hydrogen) atoms. The van der Waals surface area contributed by atoms with Crippen LogP contribution in [0.2, 0.25) is 0 Å². The third-order valence-electron chi connectivity index (χ3n) is 2.46. The monoisotopic (exact) mass is 202 g/mol. The number of hydrogen-bond donors (Lipinski definition) is 3. The number of hydrogen-bond acceptors (Lipinski definition) is 3. The molecule has 0 atom stereocenters. The van der Waals surface area contributed by atoms with E-state index >= 15 is 0 Å². The Morgan fingerprint density at radius 3 is 2.13 bits per heavy atom. The van der Waals surface area contributed by atoms with Crippen molar-refractivity contribution in [3.63, 3.8) is 0 Å². The van der Waals surface area contributed by atoms with E-state index in [-0.39, 0.29) is 6.61 Å². The molecule has 3 N–H and O–H groups in total. The van der Waals surface area contributed by atoms with Crippen molar-refractivity contribution in [3.05, 3.63) is 42.0 Å². The fourth-order valence-corrected chi connectivity index (χ4v) is 1.68. The Kier molecular flexibility index (Phi) is 2.73. The van der Waals surface area contributed by atoms with Crippen molar-refractivity contribution in [3.8, 4) is 0 Å². The highest BCUT2D eigenvalue weighted by atomic mass is 16.4. The van der Waals surface area contributed by atoms with Crippen LogP contribution in [-0.4, -0.2) is 22.3 Å². The zero-order valence-electron chi connectivity index (χ0n) is 8.09. The topological polar surface area (TPSA) is 60.7 Å². The van der Waals surface area contributed by atoms with E-state index in [4.69, 9.17) is 15.2 Å². The Labute approximate surface area is 87.8 Å². The van der Waals surface area contributed by atoms with Crippen LogP contribution in [0.15, 0.2) is 36.4 Å². The summed E-state index contributed by atoms with van der Waals surface area (Å²) in [5.41, 5.74) is 0.903. The first-order chi connectivity index (χ1) is 7.22. The Morgan fingerprint density at radius 2 is 1.60 bits per heavy atom. The van der Waals surface area contributed by atoms with Gasteiger partial charge in [-0.1, -0.05) is 30.3 Å². The SMILES string of the molecule is OCc1cc2ccccc2cc1B(O)O. The van der Waals surface area contributed by atoms with Crippen LogP contribution in [0.1, 0.15) is 5.56 Å². The molecule has 0 aliphatic carbocycles. The van der Waals surface area contributed by atoms with Gasteiger partial charge in [-0.15, -0.1) is 0 Å². The lowest BCUT2D eigenvalue weighted by Gasteiger charge is -2.08. The maximum Gasteiger partial charge on any atom is 0.488 e. The van der Waals surface area contributed by atoms with Gasteiger partial charge in [-0.25, -0.2) is 0 Å². The molecule has 0 saturated heterocycles. The second-order valence-electron chi connectivity index (χ2n) is 3.43. The Bertz CT molecular complexity index is 482. The first-order valence-electron chi connectivity index (χ1n) is 4.71. The van der Waals surface area contributed by atoms with Crippen molar-refractivity contribution in [2.45, 2.75) is 6.61 Å². The average molecular weight is 202 g/mol. The fraction of sp³-hybridized carbons (Fsp3) is 0.0909. The summed E-state index contributed by atoms with van der Waals surface area (Å²) in [6.07, 6.45) is 0. The lowest BCUT2D eigenvalue weighted by molar-refractivity contribution is 0.282. The van der Waals surface area contributed by atoms with E-state index in [0.717, 1.165) is 10.8 Å². The zero-order chi connectivity index (χ0) is 10.8. The minimum Gasteiger partial charge on any atom is -0.423 e. The third-order valence-corrected chi connectivity index (χ3v) is 2.46. The number of rotatable bonds is 2. The van der Waals surface area contributed by atoms with E-state index < -0.39 is 7.12 Å². The van der Waals surface area contributed by atoms with E-state index in [0.29, 0.717) is 11.0 Å². The largest absolute Gasteiger partial charge is 0.488 e. The highest BCUT2D eigenvalue weighted by Crippen LogP contribution is 2.14. The summed E-state index contributed by atoms with van der Waals surface area (Å²) in [6.45, 7) is -0.197. The molecule has 0 saturated carbocycles. The second kappa shape index (κ2) is 4.02. The number of aliphatic hydroxyl groups excluding tert-OH is 1. The number of benzene rings is 2. The summed E-state index contributed by atoms with van der Waals surface area (Å²) in [4.78, 5) is 0. The Balaban J connectivity index is 2.69. The molecule has 3 nitrogen and oxygen atoms in total. The lowest BCUT2D eigenvalue weighted by Crippen LogP contribution is -2.33.